The molecule has 1 aromatic carbocycles. The van der Waals surface area contributed by atoms with Gasteiger partial charge in [-0.2, -0.15) is 0 Å². The molecule has 102 valence electrons. The molecule has 19 heavy (non-hydrogen) atoms. The molecule has 2 aliphatic heterocycles. The maximum absolute atomic E-state index is 12.2. The third-order valence-corrected chi connectivity index (χ3v) is 4.16. The summed E-state index contributed by atoms with van der Waals surface area (Å²) in [5.41, 5.74) is 0.701. The van der Waals surface area contributed by atoms with Gasteiger partial charge in [0.15, 0.2) is 0 Å². The summed E-state index contributed by atoms with van der Waals surface area (Å²) in [6, 6.07) is 8.77. The number of carbonyl (C=O) groups is 1. The van der Waals surface area contributed by atoms with Crippen molar-refractivity contribution < 1.29 is 9.53 Å². The van der Waals surface area contributed by atoms with Crippen LogP contribution in [0.1, 0.15) is 36.0 Å². The van der Waals surface area contributed by atoms with Gasteiger partial charge in [0.1, 0.15) is 5.75 Å². The quantitative estimate of drug-likeness (QED) is 0.870. The number of hydrogen-bond acceptors (Lipinski definition) is 3. The van der Waals surface area contributed by atoms with E-state index in [0.717, 1.165) is 18.6 Å². The predicted molar refractivity (Wildman–Crippen MR) is 73.4 cm³/mol. The Labute approximate surface area is 113 Å². The van der Waals surface area contributed by atoms with Gasteiger partial charge in [-0.05, 0) is 49.9 Å². The van der Waals surface area contributed by atoms with Gasteiger partial charge in [0.2, 0.25) is 0 Å². The van der Waals surface area contributed by atoms with Gasteiger partial charge in [-0.25, -0.2) is 0 Å². The lowest BCUT2D eigenvalue weighted by Gasteiger charge is -2.29. The number of amides is 1. The first-order valence-corrected chi connectivity index (χ1v) is 6.95. The zero-order valence-electron chi connectivity index (χ0n) is 11.2. The lowest BCUT2D eigenvalue weighted by Crippen LogP contribution is -2.48. The third-order valence-electron chi connectivity index (χ3n) is 4.16. The van der Waals surface area contributed by atoms with Crippen LogP contribution in [0.4, 0.5) is 0 Å². The van der Waals surface area contributed by atoms with Gasteiger partial charge in [-0.3, -0.25) is 4.79 Å². The molecule has 2 unspecified atom stereocenters. The molecule has 4 nitrogen and oxygen atoms in total. The summed E-state index contributed by atoms with van der Waals surface area (Å²) >= 11 is 0. The first-order chi connectivity index (χ1) is 9.24. The maximum Gasteiger partial charge on any atom is 0.251 e. The van der Waals surface area contributed by atoms with E-state index in [4.69, 9.17) is 4.74 Å². The van der Waals surface area contributed by atoms with Crippen LogP contribution in [0.15, 0.2) is 24.3 Å². The standard InChI is InChI=1S/C15H20N2O2/c1-19-14-6-2-10(3-7-14)15(18)17-13-8-11-4-5-12(9-13)16-11/h2-3,6-7,11-13,16H,4-5,8-9H2,1H3,(H,17,18). The monoisotopic (exact) mass is 260 g/mol. The van der Waals surface area contributed by atoms with E-state index in [-0.39, 0.29) is 5.91 Å². The van der Waals surface area contributed by atoms with Gasteiger partial charge in [-0.15, -0.1) is 0 Å². The Kier molecular flexibility index (Phi) is 3.42. The Morgan fingerprint density at radius 3 is 2.42 bits per heavy atom. The van der Waals surface area contributed by atoms with Crippen LogP contribution >= 0.6 is 0 Å². The second kappa shape index (κ2) is 5.21. The van der Waals surface area contributed by atoms with E-state index in [2.05, 4.69) is 10.6 Å². The molecule has 0 radical (unpaired) electrons. The summed E-state index contributed by atoms with van der Waals surface area (Å²) in [4.78, 5) is 12.2. The van der Waals surface area contributed by atoms with E-state index in [1.807, 2.05) is 24.3 Å². The van der Waals surface area contributed by atoms with Crippen LogP contribution in [0.5, 0.6) is 5.75 Å². The van der Waals surface area contributed by atoms with Crippen LogP contribution in [0.3, 0.4) is 0 Å². The fourth-order valence-electron chi connectivity index (χ4n) is 3.19. The Hall–Kier alpha value is -1.55. The van der Waals surface area contributed by atoms with Crippen molar-refractivity contribution >= 4 is 5.91 Å². The van der Waals surface area contributed by atoms with Gasteiger partial charge in [0.05, 0.1) is 7.11 Å². The number of piperidine rings is 1. The first kappa shape index (κ1) is 12.5. The summed E-state index contributed by atoms with van der Waals surface area (Å²) < 4.78 is 5.10. The molecule has 1 amide bonds. The number of rotatable bonds is 3. The zero-order chi connectivity index (χ0) is 13.2. The molecule has 0 aliphatic carbocycles. The van der Waals surface area contributed by atoms with Crippen LogP contribution in [0.2, 0.25) is 0 Å². The Bertz CT molecular complexity index is 446. The number of methoxy groups -OCH3 is 1. The Morgan fingerprint density at radius 2 is 1.84 bits per heavy atom. The number of fused-ring (bicyclic) bond motifs is 2. The van der Waals surface area contributed by atoms with Crippen molar-refractivity contribution in [3.8, 4) is 5.75 Å². The van der Waals surface area contributed by atoms with Crippen molar-refractivity contribution in [2.75, 3.05) is 7.11 Å². The lowest BCUT2D eigenvalue weighted by atomic mass is 9.99. The summed E-state index contributed by atoms with van der Waals surface area (Å²) in [6.07, 6.45) is 4.61. The lowest BCUT2D eigenvalue weighted by molar-refractivity contribution is 0.0924. The SMILES string of the molecule is COc1ccc(C(=O)NC2CC3CCC(C2)N3)cc1. The maximum atomic E-state index is 12.2. The highest BCUT2D eigenvalue weighted by molar-refractivity contribution is 5.94. The van der Waals surface area contributed by atoms with E-state index >= 15 is 0 Å². The van der Waals surface area contributed by atoms with E-state index < -0.39 is 0 Å². The van der Waals surface area contributed by atoms with Gasteiger partial charge in [-0.1, -0.05) is 0 Å². The minimum Gasteiger partial charge on any atom is -0.497 e. The van der Waals surface area contributed by atoms with Crippen molar-refractivity contribution in [2.45, 2.75) is 43.8 Å². The van der Waals surface area contributed by atoms with Crippen LogP contribution in [0.25, 0.3) is 0 Å². The molecule has 2 N–H and O–H groups in total. The van der Waals surface area contributed by atoms with Gasteiger partial charge in [0, 0.05) is 23.7 Å². The van der Waals surface area contributed by atoms with Crippen molar-refractivity contribution in [3.05, 3.63) is 29.8 Å². The summed E-state index contributed by atoms with van der Waals surface area (Å²) in [7, 11) is 1.62. The first-order valence-electron chi connectivity index (χ1n) is 6.95. The van der Waals surface area contributed by atoms with Crippen molar-refractivity contribution in [2.24, 2.45) is 0 Å². The largest absolute Gasteiger partial charge is 0.497 e. The summed E-state index contributed by atoms with van der Waals surface area (Å²) in [6.45, 7) is 0. The highest BCUT2D eigenvalue weighted by Gasteiger charge is 2.33. The highest BCUT2D eigenvalue weighted by atomic mass is 16.5. The minimum absolute atomic E-state index is 0.0222. The molecule has 0 aromatic heterocycles. The average Bonchev–Trinajstić information content (AvgIpc) is 2.78. The smallest absolute Gasteiger partial charge is 0.251 e. The second-order valence-corrected chi connectivity index (χ2v) is 5.51. The number of nitrogens with one attached hydrogen (secondary N) is 2. The molecule has 2 heterocycles. The van der Waals surface area contributed by atoms with Gasteiger partial charge in [0.25, 0.3) is 5.91 Å². The molecule has 2 bridgehead atoms. The molecule has 3 rings (SSSR count). The number of benzene rings is 1. The highest BCUT2D eigenvalue weighted by Crippen LogP contribution is 2.27. The predicted octanol–water partition coefficient (Wildman–Crippen LogP) is 1.71. The Balaban J connectivity index is 1.61. The van der Waals surface area contributed by atoms with Crippen LogP contribution in [-0.2, 0) is 0 Å². The topological polar surface area (TPSA) is 50.4 Å². The fraction of sp³-hybridized carbons (Fsp3) is 0.533. The molecule has 0 saturated carbocycles. The molecule has 0 spiro atoms. The van der Waals surface area contributed by atoms with Crippen LogP contribution < -0.4 is 15.4 Å². The fourth-order valence-corrected chi connectivity index (χ4v) is 3.19. The van der Waals surface area contributed by atoms with Crippen molar-refractivity contribution in [1.29, 1.82) is 0 Å². The van der Waals surface area contributed by atoms with Crippen molar-refractivity contribution in [3.63, 3.8) is 0 Å². The van der Waals surface area contributed by atoms with Gasteiger partial charge < -0.3 is 15.4 Å². The molecular weight excluding hydrogens is 240 g/mol. The molecule has 2 aliphatic rings. The van der Waals surface area contributed by atoms with E-state index in [1.165, 1.54) is 12.8 Å². The van der Waals surface area contributed by atoms with Gasteiger partial charge >= 0.3 is 0 Å². The molecule has 4 heteroatoms. The van der Waals surface area contributed by atoms with E-state index in [1.54, 1.807) is 7.11 Å². The molecule has 1 aromatic rings. The third kappa shape index (κ3) is 2.73. The van der Waals surface area contributed by atoms with Crippen molar-refractivity contribution in [1.82, 2.24) is 10.6 Å². The minimum atomic E-state index is 0.0222. The molecule has 2 saturated heterocycles. The Morgan fingerprint density at radius 1 is 1.21 bits per heavy atom. The molecule has 2 atom stereocenters. The summed E-state index contributed by atoms with van der Waals surface area (Å²) in [5.74, 6) is 0.797. The average molecular weight is 260 g/mol. The van der Waals surface area contributed by atoms with Crippen LogP contribution in [-0.4, -0.2) is 31.1 Å². The molecule has 2 fully saturated rings. The number of hydrogen-bond donors (Lipinski definition) is 2. The zero-order valence-corrected chi connectivity index (χ0v) is 11.2. The molecular formula is C15H20N2O2. The summed E-state index contributed by atoms with van der Waals surface area (Å²) in [5, 5.41) is 6.73. The second-order valence-electron chi connectivity index (χ2n) is 5.51. The number of ether oxygens (including phenoxy) is 1. The normalized spacial score (nSPS) is 29.0. The van der Waals surface area contributed by atoms with E-state index in [9.17, 15) is 4.79 Å². The number of carbonyl (C=O) groups excluding carboxylic acids is 1. The van der Waals surface area contributed by atoms with E-state index in [0.29, 0.717) is 23.7 Å². The van der Waals surface area contributed by atoms with Crippen LogP contribution in [0, 0.1) is 0 Å².